The second-order valence-electron chi connectivity index (χ2n) is 3.90. The maximum Gasteiger partial charge on any atom is 0.161 e. The van der Waals surface area contributed by atoms with Gasteiger partial charge >= 0.3 is 0 Å². The van der Waals surface area contributed by atoms with Crippen LogP contribution in [0.2, 0.25) is 0 Å². The molecule has 98 valence electrons. The summed E-state index contributed by atoms with van der Waals surface area (Å²) in [7, 11) is 1.76. The molecule has 0 aliphatic carbocycles. The fourth-order valence-electron chi connectivity index (χ4n) is 1.69. The number of phenols is 1. The first-order valence-electron chi connectivity index (χ1n) is 5.80. The highest BCUT2D eigenvalue weighted by atomic mass is 16.5. The molecule has 1 atom stereocenters. The smallest absolute Gasteiger partial charge is 0.161 e. The third-order valence-electron chi connectivity index (χ3n) is 2.62. The minimum Gasteiger partial charge on any atom is -0.504 e. The number of likely N-dealkylation sites (N-methyl/N-ethyl adjacent to an activating group) is 1. The second-order valence-corrected chi connectivity index (χ2v) is 3.90. The lowest BCUT2D eigenvalue weighted by atomic mass is 10.1. The van der Waals surface area contributed by atoms with E-state index in [1.54, 1.807) is 24.1 Å². The first kappa shape index (κ1) is 14.3. The van der Waals surface area contributed by atoms with Crippen LogP contribution in [-0.2, 0) is 0 Å². The zero-order chi connectivity index (χ0) is 13.5. The van der Waals surface area contributed by atoms with Crippen LogP contribution in [0.3, 0.4) is 0 Å². The molecule has 1 unspecified atom stereocenters. The largest absolute Gasteiger partial charge is 0.504 e. The highest BCUT2D eigenvalue weighted by Gasteiger charge is 2.17. The molecule has 18 heavy (non-hydrogen) atoms. The molecule has 0 aliphatic heterocycles. The van der Waals surface area contributed by atoms with Crippen LogP contribution in [0.1, 0.15) is 18.5 Å². The Bertz CT molecular complexity index is 429. The molecule has 0 aromatic heterocycles. The van der Waals surface area contributed by atoms with Crippen LogP contribution in [0.4, 0.5) is 0 Å². The molecule has 0 amide bonds. The van der Waals surface area contributed by atoms with E-state index in [9.17, 15) is 10.4 Å². The standard InChI is InChI=1S/C13H18N2O3/c1-3-18-13-8-10(4-5-12(13)17)11(9-14)15(2)6-7-16/h4-5,8,11,16-17H,3,6-7H2,1-2H3. The molecule has 2 N–H and O–H groups in total. The average molecular weight is 250 g/mol. The van der Waals surface area contributed by atoms with Gasteiger partial charge in [-0.15, -0.1) is 0 Å². The van der Waals surface area contributed by atoms with Crippen LogP contribution in [0.15, 0.2) is 18.2 Å². The number of hydrogen-bond donors (Lipinski definition) is 2. The van der Waals surface area contributed by atoms with Gasteiger partial charge in [-0.05, 0) is 31.7 Å². The van der Waals surface area contributed by atoms with Crippen molar-refractivity contribution in [3.05, 3.63) is 23.8 Å². The lowest BCUT2D eigenvalue weighted by Gasteiger charge is -2.22. The van der Waals surface area contributed by atoms with E-state index in [0.717, 1.165) is 5.56 Å². The van der Waals surface area contributed by atoms with Gasteiger partial charge in [-0.2, -0.15) is 5.26 Å². The van der Waals surface area contributed by atoms with Crippen LogP contribution in [0, 0.1) is 11.3 Å². The van der Waals surface area contributed by atoms with Gasteiger partial charge in [0.05, 0.1) is 19.3 Å². The molecule has 0 radical (unpaired) electrons. The quantitative estimate of drug-likeness (QED) is 0.795. The summed E-state index contributed by atoms with van der Waals surface area (Å²) in [5, 5.41) is 27.7. The van der Waals surface area contributed by atoms with Crippen LogP contribution < -0.4 is 4.74 Å². The van der Waals surface area contributed by atoms with Crippen LogP contribution in [-0.4, -0.2) is 41.9 Å². The third kappa shape index (κ3) is 3.36. The highest BCUT2D eigenvalue weighted by molar-refractivity contribution is 5.43. The molecule has 5 heteroatoms. The number of phenolic OH excluding ortho intramolecular Hbond substituents is 1. The molecular formula is C13H18N2O3. The minimum atomic E-state index is -0.475. The van der Waals surface area contributed by atoms with Crippen molar-refractivity contribution in [1.29, 1.82) is 5.26 Å². The van der Waals surface area contributed by atoms with E-state index >= 15 is 0 Å². The van der Waals surface area contributed by atoms with Crippen molar-refractivity contribution in [2.45, 2.75) is 13.0 Å². The number of ether oxygens (including phenoxy) is 1. The van der Waals surface area contributed by atoms with E-state index in [1.165, 1.54) is 6.07 Å². The molecule has 1 aromatic carbocycles. The normalized spacial score (nSPS) is 12.2. The van der Waals surface area contributed by atoms with Gasteiger partial charge in [0, 0.05) is 6.54 Å². The first-order valence-corrected chi connectivity index (χ1v) is 5.80. The lowest BCUT2D eigenvalue weighted by molar-refractivity contribution is 0.202. The Morgan fingerprint density at radius 3 is 2.78 bits per heavy atom. The van der Waals surface area contributed by atoms with Gasteiger partial charge in [0.25, 0.3) is 0 Å². The summed E-state index contributed by atoms with van der Waals surface area (Å²) in [6.07, 6.45) is 0. The summed E-state index contributed by atoms with van der Waals surface area (Å²) in [6, 6.07) is 6.54. The molecule has 0 saturated carbocycles. The number of rotatable bonds is 6. The molecular weight excluding hydrogens is 232 g/mol. The van der Waals surface area contributed by atoms with Crippen molar-refractivity contribution in [2.75, 3.05) is 26.8 Å². The summed E-state index contributed by atoms with van der Waals surface area (Å²) in [4.78, 5) is 1.74. The number of aliphatic hydroxyl groups is 1. The van der Waals surface area contributed by atoms with Gasteiger partial charge in [0.1, 0.15) is 6.04 Å². The van der Waals surface area contributed by atoms with Crippen molar-refractivity contribution < 1.29 is 14.9 Å². The summed E-state index contributed by atoms with van der Waals surface area (Å²) >= 11 is 0. The molecule has 1 aromatic rings. The average Bonchev–Trinajstić information content (AvgIpc) is 2.34. The predicted octanol–water partition coefficient (Wildman–Crippen LogP) is 1.28. The fourth-order valence-corrected chi connectivity index (χ4v) is 1.69. The summed E-state index contributed by atoms with van der Waals surface area (Å²) in [5.41, 5.74) is 0.731. The van der Waals surface area contributed by atoms with E-state index in [1.807, 2.05) is 6.92 Å². The molecule has 0 spiro atoms. The Morgan fingerprint density at radius 2 is 2.22 bits per heavy atom. The van der Waals surface area contributed by atoms with Gasteiger partial charge in [0.2, 0.25) is 0 Å². The van der Waals surface area contributed by atoms with E-state index in [0.29, 0.717) is 18.9 Å². The zero-order valence-corrected chi connectivity index (χ0v) is 10.6. The summed E-state index contributed by atoms with van der Waals surface area (Å²) in [6.45, 7) is 2.67. The number of aliphatic hydroxyl groups excluding tert-OH is 1. The van der Waals surface area contributed by atoms with Gasteiger partial charge < -0.3 is 14.9 Å². The molecule has 1 rings (SSSR count). The Balaban J connectivity index is 3.00. The van der Waals surface area contributed by atoms with Crippen LogP contribution in [0.5, 0.6) is 11.5 Å². The first-order chi connectivity index (χ1) is 8.63. The van der Waals surface area contributed by atoms with Crippen LogP contribution >= 0.6 is 0 Å². The maximum atomic E-state index is 9.60. The number of benzene rings is 1. The van der Waals surface area contributed by atoms with Crippen LogP contribution in [0.25, 0.3) is 0 Å². The van der Waals surface area contributed by atoms with Crippen molar-refractivity contribution in [1.82, 2.24) is 4.90 Å². The number of nitrogens with zero attached hydrogens (tertiary/aromatic N) is 2. The van der Waals surface area contributed by atoms with E-state index in [2.05, 4.69) is 6.07 Å². The fraction of sp³-hybridized carbons (Fsp3) is 0.462. The van der Waals surface area contributed by atoms with E-state index in [4.69, 9.17) is 9.84 Å². The molecule has 0 bridgehead atoms. The van der Waals surface area contributed by atoms with Crippen molar-refractivity contribution >= 4 is 0 Å². The van der Waals surface area contributed by atoms with Crippen molar-refractivity contribution in [2.24, 2.45) is 0 Å². The number of aromatic hydroxyl groups is 1. The lowest BCUT2D eigenvalue weighted by Crippen LogP contribution is -2.26. The minimum absolute atomic E-state index is 0.00885. The molecule has 0 heterocycles. The Kier molecular flexibility index (Phi) is 5.43. The van der Waals surface area contributed by atoms with Gasteiger partial charge in [0.15, 0.2) is 11.5 Å². The molecule has 0 aliphatic rings. The molecule has 5 nitrogen and oxygen atoms in total. The SMILES string of the molecule is CCOc1cc(C(C#N)N(C)CCO)ccc1O. The van der Waals surface area contributed by atoms with Gasteiger partial charge in [-0.1, -0.05) is 6.07 Å². The summed E-state index contributed by atoms with van der Waals surface area (Å²) in [5.74, 6) is 0.426. The number of hydrogen-bond acceptors (Lipinski definition) is 5. The second kappa shape index (κ2) is 6.84. The monoisotopic (exact) mass is 250 g/mol. The van der Waals surface area contributed by atoms with Crippen molar-refractivity contribution in [3.63, 3.8) is 0 Å². The molecule has 0 saturated heterocycles. The topological polar surface area (TPSA) is 76.7 Å². The van der Waals surface area contributed by atoms with E-state index < -0.39 is 6.04 Å². The van der Waals surface area contributed by atoms with Crippen molar-refractivity contribution in [3.8, 4) is 17.6 Å². The van der Waals surface area contributed by atoms with Gasteiger partial charge in [-0.25, -0.2) is 0 Å². The highest BCUT2D eigenvalue weighted by Crippen LogP contribution is 2.30. The number of nitriles is 1. The molecule has 0 fully saturated rings. The van der Waals surface area contributed by atoms with Gasteiger partial charge in [-0.3, -0.25) is 4.90 Å². The predicted molar refractivity (Wildman–Crippen MR) is 67.3 cm³/mol. The Hall–Kier alpha value is -1.77. The summed E-state index contributed by atoms with van der Waals surface area (Å²) < 4.78 is 5.28. The zero-order valence-electron chi connectivity index (χ0n) is 10.6. The third-order valence-corrected chi connectivity index (χ3v) is 2.62. The van der Waals surface area contributed by atoms with E-state index in [-0.39, 0.29) is 12.4 Å². The Morgan fingerprint density at radius 1 is 1.50 bits per heavy atom. The Labute approximate surface area is 107 Å². The maximum absolute atomic E-state index is 9.60.